The minimum absolute atomic E-state index is 0.0286. The Labute approximate surface area is 166 Å². The largest absolute Gasteiger partial charge is 0.344 e. The molecule has 0 aliphatic rings. The Bertz CT molecular complexity index is 773. The predicted octanol–water partition coefficient (Wildman–Crippen LogP) is 3.30. The van der Waals surface area contributed by atoms with Crippen molar-refractivity contribution in [3.63, 3.8) is 0 Å². The normalized spacial score (nSPS) is 11.9. The van der Waals surface area contributed by atoms with Crippen molar-refractivity contribution in [3.8, 4) is 0 Å². The summed E-state index contributed by atoms with van der Waals surface area (Å²) in [5, 5.41) is 11.8. The number of Topliss-reactive ketones (excluding diaryl/α,β-unsaturated/α-hetero) is 1. The first-order valence-corrected chi connectivity index (χ1v) is 9.53. The number of carbonyl (C=O) groups excluding carboxylic acids is 3. The minimum atomic E-state index is -0.677. The molecule has 0 aliphatic carbocycles. The molecule has 0 spiro atoms. The lowest BCUT2D eigenvalue weighted by Gasteiger charge is -2.19. The Balaban J connectivity index is 1.89. The average molecular weight is 435 g/mol. The van der Waals surface area contributed by atoms with Crippen LogP contribution >= 0.6 is 15.9 Å². The molecule has 0 unspecified atom stereocenters. The van der Waals surface area contributed by atoms with Crippen molar-refractivity contribution < 1.29 is 14.4 Å². The number of aromatic nitrogens is 2. The number of H-pyrrole nitrogens is 1. The molecule has 27 heavy (non-hydrogen) atoms. The van der Waals surface area contributed by atoms with Crippen LogP contribution in [0.2, 0.25) is 0 Å². The van der Waals surface area contributed by atoms with Crippen molar-refractivity contribution in [3.05, 3.63) is 46.6 Å². The molecule has 144 valence electrons. The van der Waals surface area contributed by atoms with Crippen molar-refractivity contribution in [1.82, 2.24) is 15.5 Å². The van der Waals surface area contributed by atoms with E-state index in [4.69, 9.17) is 0 Å². The highest BCUT2D eigenvalue weighted by Gasteiger charge is 2.22. The summed E-state index contributed by atoms with van der Waals surface area (Å²) in [5.41, 5.74) is 0.557. The number of ketones is 1. The van der Waals surface area contributed by atoms with Gasteiger partial charge in [0, 0.05) is 28.9 Å². The van der Waals surface area contributed by atoms with Crippen LogP contribution in [0.4, 0.5) is 5.82 Å². The van der Waals surface area contributed by atoms with E-state index in [-0.39, 0.29) is 36.4 Å². The van der Waals surface area contributed by atoms with Gasteiger partial charge in [0.05, 0.1) is 6.20 Å². The van der Waals surface area contributed by atoms with E-state index in [1.165, 1.54) is 6.20 Å². The molecular formula is C19H23BrN4O3. The Kier molecular flexibility index (Phi) is 7.72. The predicted molar refractivity (Wildman–Crippen MR) is 106 cm³/mol. The zero-order chi connectivity index (χ0) is 19.8. The standard InChI is InChI=1S/C19H23BrN4O3/c1-12(2)11-15(19(27)23-17-9-10-21-24-17)22-18(26)8-7-16(25)13-3-5-14(20)6-4-13/h3-6,9-10,12,15H,7-8,11H2,1-2H3,(H,22,26)(H2,21,23,24,27)/t15-/m1/s1. The molecule has 0 saturated heterocycles. The number of nitrogens with zero attached hydrogens (tertiary/aromatic N) is 1. The van der Waals surface area contributed by atoms with Crippen LogP contribution in [0.1, 0.15) is 43.5 Å². The fraction of sp³-hybridized carbons (Fsp3) is 0.368. The Morgan fingerprint density at radius 1 is 1.11 bits per heavy atom. The van der Waals surface area contributed by atoms with Crippen LogP contribution in [0.5, 0.6) is 0 Å². The molecular weight excluding hydrogens is 412 g/mol. The van der Waals surface area contributed by atoms with Crippen LogP contribution in [-0.2, 0) is 9.59 Å². The highest BCUT2D eigenvalue weighted by molar-refractivity contribution is 9.10. The summed E-state index contributed by atoms with van der Waals surface area (Å²) in [6.45, 7) is 3.94. The van der Waals surface area contributed by atoms with E-state index < -0.39 is 6.04 Å². The number of nitrogens with one attached hydrogen (secondary N) is 3. The lowest BCUT2D eigenvalue weighted by molar-refractivity contribution is -0.126. The zero-order valence-corrected chi connectivity index (χ0v) is 16.9. The third-order valence-electron chi connectivity index (χ3n) is 3.86. The maximum absolute atomic E-state index is 12.4. The van der Waals surface area contributed by atoms with Crippen LogP contribution in [0, 0.1) is 5.92 Å². The number of aromatic amines is 1. The second-order valence-electron chi connectivity index (χ2n) is 6.64. The SMILES string of the molecule is CC(C)C[C@@H](NC(=O)CCC(=O)c1ccc(Br)cc1)C(=O)Nc1ccn[nH]1. The van der Waals surface area contributed by atoms with Gasteiger partial charge >= 0.3 is 0 Å². The maximum Gasteiger partial charge on any atom is 0.248 e. The van der Waals surface area contributed by atoms with Crippen LogP contribution in [0.3, 0.4) is 0 Å². The lowest BCUT2D eigenvalue weighted by atomic mass is 10.0. The molecule has 0 bridgehead atoms. The van der Waals surface area contributed by atoms with Gasteiger partial charge in [-0.25, -0.2) is 0 Å². The summed E-state index contributed by atoms with van der Waals surface area (Å²) < 4.78 is 0.886. The van der Waals surface area contributed by atoms with Crippen molar-refractivity contribution in [2.45, 2.75) is 39.2 Å². The molecule has 1 atom stereocenters. The molecule has 0 radical (unpaired) electrons. The molecule has 2 amide bonds. The number of halogens is 1. The summed E-state index contributed by atoms with van der Waals surface area (Å²) >= 11 is 3.32. The summed E-state index contributed by atoms with van der Waals surface area (Å²) in [4.78, 5) is 36.9. The molecule has 0 aliphatic heterocycles. The van der Waals surface area contributed by atoms with E-state index in [0.29, 0.717) is 17.8 Å². The summed E-state index contributed by atoms with van der Waals surface area (Å²) in [7, 11) is 0. The first kappa shape index (κ1) is 20.8. The maximum atomic E-state index is 12.4. The van der Waals surface area contributed by atoms with Gasteiger partial charge < -0.3 is 10.6 Å². The number of hydrogen-bond acceptors (Lipinski definition) is 4. The number of anilines is 1. The van der Waals surface area contributed by atoms with E-state index in [0.717, 1.165) is 4.47 Å². The first-order valence-electron chi connectivity index (χ1n) is 8.73. The minimum Gasteiger partial charge on any atom is -0.344 e. The smallest absolute Gasteiger partial charge is 0.248 e. The van der Waals surface area contributed by atoms with E-state index in [1.54, 1.807) is 30.3 Å². The first-order chi connectivity index (χ1) is 12.8. The number of hydrogen-bond donors (Lipinski definition) is 3. The van der Waals surface area contributed by atoms with Gasteiger partial charge in [-0.2, -0.15) is 5.10 Å². The van der Waals surface area contributed by atoms with Gasteiger partial charge in [-0.3, -0.25) is 19.5 Å². The van der Waals surface area contributed by atoms with Gasteiger partial charge in [-0.15, -0.1) is 0 Å². The molecule has 0 saturated carbocycles. The summed E-state index contributed by atoms with van der Waals surface area (Å²) in [6.07, 6.45) is 2.14. The fourth-order valence-electron chi connectivity index (χ4n) is 2.52. The van der Waals surface area contributed by atoms with Crippen LogP contribution in [0.25, 0.3) is 0 Å². The molecule has 2 rings (SSSR count). The fourth-order valence-corrected chi connectivity index (χ4v) is 2.79. The van der Waals surface area contributed by atoms with Crippen molar-refractivity contribution in [2.75, 3.05) is 5.32 Å². The number of amides is 2. The summed E-state index contributed by atoms with van der Waals surface area (Å²) in [6, 6.07) is 7.94. The molecule has 1 aromatic heterocycles. The van der Waals surface area contributed by atoms with Crippen molar-refractivity contribution in [2.24, 2.45) is 5.92 Å². The van der Waals surface area contributed by atoms with Crippen molar-refractivity contribution in [1.29, 1.82) is 0 Å². The molecule has 7 nitrogen and oxygen atoms in total. The number of carbonyl (C=O) groups is 3. The van der Waals surface area contributed by atoms with Gasteiger partial charge in [0.1, 0.15) is 11.9 Å². The zero-order valence-electron chi connectivity index (χ0n) is 15.3. The van der Waals surface area contributed by atoms with E-state index >= 15 is 0 Å². The topological polar surface area (TPSA) is 104 Å². The van der Waals surface area contributed by atoms with Crippen LogP contribution < -0.4 is 10.6 Å². The van der Waals surface area contributed by atoms with E-state index in [1.807, 2.05) is 13.8 Å². The highest BCUT2D eigenvalue weighted by Crippen LogP contribution is 2.13. The highest BCUT2D eigenvalue weighted by atomic mass is 79.9. The van der Waals surface area contributed by atoms with Gasteiger partial charge in [0.2, 0.25) is 11.8 Å². The van der Waals surface area contributed by atoms with Gasteiger partial charge in [0.15, 0.2) is 5.78 Å². The average Bonchev–Trinajstić information content (AvgIpc) is 3.12. The van der Waals surface area contributed by atoms with Crippen molar-refractivity contribution >= 4 is 39.3 Å². The number of rotatable bonds is 9. The van der Waals surface area contributed by atoms with Gasteiger partial charge in [-0.05, 0) is 24.5 Å². The van der Waals surface area contributed by atoms with E-state index in [9.17, 15) is 14.4 Å². The van der Waals surface area contributed by atoms with Crippen LogP contribution in [-0.4, -0.2) is 33.8 Å². The molecule has 2 aromatic rings. The third-order valence-corrected chi connectivity index (χ3v) is 4.39. The molecule has 8 heteroatoms. The lowest BCUT2D eigenvalue weighted by Crippen LogP contribution is -2.44. The Morgan fingerprint density at radius 2 is 1.81 bits per heavy atom. The summed E-state index contributed by atoms with van der Waals surface area (Å²) in [5.74, 6) is -0.0768. The Morgan fingerprint density at radius 3 is 2.41 bits per heavy atom. The van der Waals surface area contributed by atoms with Gasteiger partial charge in [0.25, 0.3) is 0 Å². The molecule has 0 fully saturated rings. The quantitative estimate of drug-likeness (QED) is 0.526. The monoisotopic (exact) mass is 434 g/mol. The molecule has 1 aromatic carbocycles. The van der Waals surface area contributed by atoms with Crippen LogP contribution in [0.15, 0.2) is 41.0 Å². The second-order valence-corrected chi connectivity index (χ2v) is 7.55. The number of benzene rings is 1. The molecule has 3 N–H and O–H groups in total. The van der Waals surface area contributed by atoms with Gasteiger partial charge in [-0.1, -0.05) is 41.9 Å². The second kappa shape index (κ2) is 10.0. The molecule has 1 heterocycles. The van der Waals surface area contributed by atoms with E-state index in [2.05, 4.69) is 36.8 Å². The Hall–Kier alpha value is -2.48. The third kappa shape index (κ3) is 6.97.